The Labute approximate surface area is 155 Å². The summed E-state index contributed by atoms with van der Waals surface area (Å²) in [7, 11) is 0. The van der Waals surface area contributed by atoms with Crippen molar-refractivity contribution < 1.29 is 5.11 Å². The normalized spacial score (nSPS) is 12.9. The molecule has 6 heteroatoms. The highest BCUT2D eigenvalue weighted by Gasteiger charge is 2.13. The van der Waals surface area contributed by atoms with Crippen LogP contribution in [-0.4, -0.2) is 24.9 Å². The first-order valence-corrected chi connectivity index (χ1v) is 8.82. The number of imidazole rings is 1. The van der Waals surface area contributed by atoms with E-state index in [1.54, 1.807) is 24.7 Å². The highest BCUT2D eigenvalue weighted by atomic mass is 16.3. The van der Waals surface area contributed by atoms with Gasteiger partial charge in [-0.25, -0.2) is 4.98 Å². The van der Waals surface area contributed by atoms with Crippen LogP contribution >= 0.6 is 0 Å². The van der Waals surface area contributed by atoms with Gasteiger partial charge in [-0.1, -0.05) is 12.2 Å². The number of anilines is 2. The van der Waals surface area contributed by atoms with Crippen LogP contribution in [0.25, 0.3) is 22.8 Å². The Morgan fingerprint density at radius 1 is 1.07 bits per heavy atom. The zero-order valence-electron chi connectivity index (χ0n) is 14.5. The Bertz CT molecular complexity index is 1160. The zero-order valence-corrected chi connectivity index (χ0v) is 14.5. The first-order valence-electron chi connectivity index (χ1n) is 8.82. The Hall–Kier alpha value is -3.67. The molecule has 0 radical (unpaired) electrons. The molecule has 1 aliphatic rings. The SMILES string of the molecule is Oc1ccc(-n2cnc3cc(Nc4nncc5c4CCC=C5)ccc32)cc1. The monoisotopic (exact) mass is 355 g/mol. The second kappa shape index (κ2) is 6.25. The molecule has 0 saturated heterocycles. The number of phenols is 1. The number of fused-ring (bicyclic) bond motifs is 2. The molecule has 0 aliphatic heterocycles. The lowest BCUT2D eigenvalue weighted by atomic mass is 10.00. The predicted octanol–water partition coefficient (Wildman–Crippen LogP) is 4.22. The summed E-state index contributed by atoms with van der Waals surface area (Å²) in [5, 5.41) is 21.3. The van der Waals surface area contributed by atoms with Gasteiger partial charge in [-0.2, -0.15) is 5.10 Å². The van der Waals surface area contributed by atoms with E-state index in [9.17, 15) is 5.11 Å². The van der Waals surface area contributed by atoms with Gasteiger partial charge in [0.1, 0.15) is 12.1 Å². The molecule has 0 amide bonds. The molecule has 0 spiro atoms. The van der Waals surface area contributed by atoms with E-state index in [4.69, 9.17) is 0 Å². The molecule has 2 aromatic carbocycles. The number of nitrogens with one attached hydrogen (secondary N) is 1. The lowest BCUT2D eigenvalue weighted by molar-refractivity contribution is 0.475. The molecule has 6 nitrogen and oxygen atoms in total. The van der Waals surface area contributed by atoms with Crippen LogP contribution in [0, 0.1) is 0 Å². The van der Waals surface area contributed by atoms with Gasteiger partial charge in [0.15, 0.2) is 5.82 Å². The molecule has 0 fully saturated rings. The van der Waals surface area contributed by atoms with Gasteiger partial charge in [-0.3, -0.25) is 4.57 Å². The second-order valence-electron chi connectivity index (χ2n) is 6.53. The standard InChI is InChI=1S/C21H17N5O/c27-17-8-6-16(7-9-17)26-13-22-19-11-15(5-10-20(19)26)24-21-18-4-2-1-3-14(18)12-23-25-21/h1,3,5-13,27H,2,4H2,(H,24,25). The molecular weight excluding hydrogens is 338 g/mol. The maximum absolute atomic E-state index is 9.48. The summed E-state index contributed by atoms with van der Waals surface area (Å²) in [5.41, 5.74) is 6.07. The number of hydrogen-bond donors (Lipinski definition) is 2. The summed E-state index contributed by atoms with van der Waals surface area (Å²) in [6.07, 6.45) is 9.83. The summed E-state index contributed by atoms with van der Waals surface area (Å²) in [5.74, 6) is 1.05. The molecular formula is C21H17N5O. The molecule has 5 rings (SSSR count). The summed E-state index contributed by atoms with van der Waals surface area (Å²) >= 11 is 0. The van der Waals surface area contributed by atoms with Crippen LogP contribution in [0.4, 0.5) is 11.5 Å². The molecule has 2 heterocycles. The molecule has 2 N–H and O–H groups in total. The van der Waals surface area contributed by atoms with E-state index in [1.165, 1.54) is 5.56 Å². The first kappa shape index (κ1) is 15.6. The lowest BCUT2D eigenvalue weighted by Gasteiger charge is -2.14. The molecule has 0 bridgehead atoms. The average molecular weight is 355 g/mol. The van der Waals surface area contributed by atoms with Gasteiger partial charge >= 0.3 is 0 Å². The van der Waals surface area contributed by atoms with Crippen molar-refractivity contribution in [2.24, 2.45) is 0 Å². The minimum Gasteiger partial charge on any atom is -0.508 e. The third-order valence-corrected chi connectivity index (χ3v) is 4.79. The van der Waals surface area contributed by atoms with Gasteiger partial charge in [0, 0.05) is 22.5 Å². The van der Waals surface area contributed by atoms with Crippen molar-refractivity contribution >= 4 is 28.6 Å². The van der Waals surface area contributed by atoms with E-state index in [1.807, 2.05) is 34.9 Å². The van der Waals surface area contributed by atoms with Crippen LogP contribution in [0.2, 0.25) is 0 Å². The Kier molecular flexibility index (Phi) is 3.60. The highest BCUT2D eigenvalue weighted by molar-refractivity contribution is 5.82. The third-order valence-electron chi connectivity index (χ3n) is 4.79. The molecule has 0 atom stereocenters. The minimum atomic E-state index is 0.247. The van der Waals surface area contributed by atoms with Crippen LogP contribution < -0.4 is 5.32 Å². The maximum atomic E-state index is 9.48. The number of hydrogen-bond acceptors (Lipinski definition) is 5. The van der Waals surface area contributed by atoms with Crippen molar-refractivity contribution in [2.75, 3.05) is 5.32 Å². The molecule has 27 heavy (non-hydrogen) atoms. The topological polar surface area (TPSA) is 75.9 Å². The van der Waals surface area contributed by atoms with Gasteiger partial charge < -0.3 is 10.4 Å². The Morgan fingerprint density at radius 2 is 1.96 bits per heavy atom. The maximum Gasteiger partial charge on any atom is 0.156 e. The summed E-state index contributed by atoms with van der Waals surface area (Å²) in [4.78, 5) is 4.52. The quantitative estimate of drug-likeness (QED) is 0.575. The lowest BCUT2D eigenvalue weighted by Crippen LogP contribution is -2.05. The Balaban J connectivity index is 1.50. The average Bonchev–Trinajstić information content (AvgIpc) is 3.12. The van der Waals surface area contributed by atoms with Gasteiger partial charge in [-0.05, 0) is 55.3 Å². The number of benzene rings is 2. The summed E-state index contributed by atoms with van der Waals surface area (Å²) in [6, 6.07) is 13.1. The van der Waals surface area contributed by atoms with Crippen molar-refractivity contribution in [3.05, 3.63) is 72.2 Å². The zero-order chi connectivity index (χ0) is 18.2. The Morgan fingerprint density at radius 3 is 2.85 bits per heavy atom. The largest absolute Gasteiger partial charge is 0.508 e. The van der Waals surface area contributed by atoms with Crippen molar-refractivity contribution in [1.29, 1.82) is 0 Å². The molecule has 2 aromatic heterocycles. The van der Waals surface area contributed by atoms with E-state index >= 15 is 0 Å². The molecule has 0 unspecified atom stereocenters. The van der Waals surface area contributed by atoms with Crippen LogP contribution in [0.3, 0.4) is 0 Å². The van der Waals surface area contributed by atoms with E-state index < -0.39 is 0 Å². The van der Waals surface area contributed by atoms with Crippen molar-refractivity contribution in [3.8, 4) is 11.4 Å². The molecule has 4 aromatic rings. The van der Waals surface area contributed by atoms with Crippen LogP contribution in [0.1, 0.15) is 17.5 Å². The number of allylic oxidation sites excluding steroid dienone is 1. The van der Waals surface area contributed by atoms with E-state index in [0.29, 0.717) is 0 Å². The number of nitrogens with zero attached hydrogens (tertiary/aromatic N) is 4. The summed E-state index contributed by atoms with van der Waals surface area (Å²) < 4.78 is 1.99. The third kappa shape index (κ3) is 2.81. The fourth-order valence-corrected chi connectivity index (χ4v) is 3.41. The van der Waals surface area contributed by atoms with Crippen molar-refractivity contribution in [2.45, 2.75) is 12.8 Å². The van der Waals surface area contributed by atoms with Gasteiger partial charge in [-0.15, -0.1) is 5.10 Å². The van der Waals surface area contributed by atoms with Crippen LogP contribution in [0.5, 0.6) is 5.75 Å². The molecule has 0 saturated carbocycles. The van der Waals surface area contributed by atoms with Crippen molar-refractivity contribution in [3.63, 3.8) is 0 Å². The fourth-order valence-electron chi connectivity index (χ4n) is 3.41. The van der Waals surface area contributed by atoms with E-state index in [2.05, 4.69) is 32.7 Å². The highest BCUT2D eigenvalue weighted by Crippen LogP contribution is 2.28. The number of rotatable bonds is 3. The van der Waals surface area contributed by atoms with Gasteiger partial charge in [0.2, 0.25) is 0 Å². The van der Waals surface area contributed by atoms with Crippen molar-refractivity contribution in [1.82, 2.24) is 19.7 Å². The minimum absolute atomic E-state index is 0.247. The predicted molar refractivity (Wildman–Crippen MR) is 105 cm³/mol. The van der Waals surface area contributed by atoms with Gasteiger partial charge in [0.25, 0.3) is 0 Å². The number of phenolic OH excluding ortho intramolecular Hbond substituents is 1. The number of aromatic hydroxyl groups is 1. The summed E-state index contributed by atoms with van der Waals surface area (Å²) in [6.45, 7) is 0. The fraction of sp³-hybridized carbons (Fsp3) is 0.0952. The molecule has 1 aliphatic carbocycles. The smallest absolute Gasteiger partial charge is 0.156 e. The molecule has 132 valence electrons. The second-order valence-corrected chi connectivity index (χ2v) is 6.53. The van der Waals surface area contributed by atoms with E-state index in [-0.39, 0.29) is 5.75 Å². The van der Waals surface area contributed by atoms with E-state index in [0.717, 1.165) is 46.6 Å². The van der Waals surface area contributed by atoms with Crippen LogP contribution in [-0.2, 0) is 6.42 Å². The van der Waals surface area contributed by atoms with Gasteiger partial charge in [0.05, 0.1) is 17.2 Å². The first-order chi connectivity index (χ1) is 13.3. The van der Waals surface area contributed by atoms with Crippen LogP contribution in [0.15, 0.2) is 61.1 Å². The number of aromatic nitrogens is 4.